The zero-order valence-electron chi connectivity index (χ0n) is 14.2. The number of aliphatic imine (C=N–C) groups is 1. The Balaban J connectivity index is 1.92. The third kappa shape index (κ3) is 5.81. The summed E-state index contributed by atoms with van der Waals surface area (Å²) in [5.74, 6) is 0.735. The molecule has 1 aromatic rings. The Morgan fingerprint density at radius 3 is 2.79 bits per heavy atom. The first kappa shape index (κ1) is 19.8. The topological polar surface area (TPSA) is 65.9 Å². The molecule has 0 bridgehead atoms. The molecule has 1 aliphatic heterocycles. The number of hydrogen-bond acceptors (Lipinski definition) is 5. The molecule has 24 heavy (non-hydrogen) atoms. The van der Waals surface area contributed by atoms with E-state index in [0.717, 1.165) is 50.0 Å². The van der Waals surface area contributed by atoms with Gasteiger partial charge in [0, 0.05) is 35.9 Å². The Labute approximate surface area is 157 Å². The van der Waals surface area contributed by atoms with Crippen molar-refractivity contribution in [1.82, 2.24) is 10.6 Å². The first-order chi connectivity index (χ1) is 11.6. The monoisotopic (exact) mass is 391 g/mol. The summed E-state index contributed by atoms with van der Waals surface area (Å²) in [6, 6.07) is 3.66. The van der Waals surface area contributed by atoms with Crippen molar-refractivity contribution in [2.24, 2.45) is 4.99 Å². The van der Waals surface area contributed by atoms with E-state index in [2.05, 4.69) is 16.9 Å². The van der Waals surface area contributed by atoms with Crippen molar-refractivity contribution in [3.05, 3.63) is 21.3 Å². The van der Waals surface area contributed by atoms with E-state index in [9.17, 15) is 5.11 Å². The fourth-order valence-electron chi connectivity index (χ4n) is 2.54. The van der Waals surface area contributed by atoms with E-state index in [0.29, 0.717) is 10.9 Å². The lowest BCUT2D eigenvalue weighted by Gasteiger charge is -2.34. The lowest BCUT2D eigenvalue weighted by molar-refractivity contribution is 0.0794. The number of nitrogens with zero attached hydrogens (tertiary/aromatic N) is 1. The molecule has 1 unspecified atom stereocenters. The summed E-state index contributed by atoms with van der Waals surface area (Å²) in [5.41, 5.74) is 0. The van der Waals surface area contributed by atoms with Gasteiger partial charge in [-0.3, -0.25) is 4.99 Å². The second-order valence-corrected chi connectivity index (χ2v) is 8.75. The standard InChI is InChI=1S/C16H26ClN3O2S2/c1-3-18-15(19-10-12(21)13-4-5-14(17)24-13)20-11-16(23-2)6-8-22-9-7-16/h4-5,12,21H,3,6-11H2,1-2H3,(H2,18,19,20). The van der Waals surface area contributed by atoms with Gasteiger partial charge in [-0.25, -0.2) is 0 Å². The molecule has 3 N–H and O–H groups in total. The van der Waals surface area contributed by atoms with Gasteiger partial charge in [-0.15, -0.1) is 11.3 Å². The third-order valence-corrected chi connectivity index (χ3v) is 6.83. The molecule has 1 atom stereocenters. The van der Waals surface area contributed by atoms with E-state index in [1.807, 2.05) is 24.8 Å². The highest BCUT2D eigenvalue weighted by molar-refractivity contribution is 8.00. The van der Waals surface area contributed by atoms with E-state index in [4.69, 9.17) is 21.3 Å². The number of ether oxygens (including phenoxy) is 1. The largest absolute Gasteiger partial charge is 0.386 e. The predicted molar refractivity (Wildman–Crippen MR) is 105 cm³/mol. The van der Waals surface area contributed by atoms with Crippen LogP contribution in [0.3, 0.4) is 0 Å². The molecule has 0 amide bonds. The van der Waals surface area contributed by atoms with Crippen LogP contribution in [0.15, 0.2) is 17.1 Å². The van der Waals surface area contributed by atoms with Gasteiger partial charge in [0.1, 0.15) is 6.10 Å². The van der Waals surface area contributed by atoms with Gasteiger partial charge in [-0.05, 0) is 38.2 Å². The molecule has 1 saturated heterocycles. The van der Waals surface area contributed by atoms with Gasteiger partial charge in [0.05, 0.1) is 10.9 Å². The molecule has 8 heteroatoms. The number of thioether (sulfide) groups is 1. The van der Waals surface area contributed by atoms with Gasteiger partial charge in [0.25, 0.3) is 0 Å². The predicted octanol–water partition coefficient (Wildman–Crippen LogP) is 2.90. The van der Waals surface area contributed by atoms with Crippen molar-refractivity contribution < 1.29 is 9.84 Å². The molecule has 0 spiro atoms. The Hall–Kier alpha value is -0.470. The first-order valence-electron chi connectivity index (χ1n) is 8.17. The number of rotatable bonds is 7. The molecule has 1 aliphatic rings. The van der Waals surface area contributed by atoms with Crippen LogP contribution in [0.2, 0.25) is 4.34 Å². The maximum Gasteiger partial charge on any atom is 0.191 e. The van der Waals surface area contributed by atoms with E-state index < -0.39 is 6.10 Å². The fraction of sp³-hybridized carbons (Fsp3) is 0.688. The van der Waals surface area contributed by atoms with Gasteiger partial charge in [-0.1, -0.05) is 11.6 Å². The fourth-order valence-corrected chi connectivity index (χ4v) is 4.35. The van der Waals surface area contributed by atoms with Crippen LogP contribution in [0.4, 0.5) is 0 Å². The second kappa shape index (κ2) is 9.87. The Morgan fingerprint density at radius 2 is 2.21 bits per heavy atom. The first-order valence-corrected chi connectivity index (χ1v) is 10.6. The molecule has 5 nitrogen and oxygen atoms in total. The average Bonchev–Trinajstić information content (AvgIpc) is 3.04. The number of hydrogen-bond donors (Lipinski definition) is 3. The van der Waals surface area contributed by atoms with Gasteiger partial charge >= 0.3 is 0 Å². The zero-order valence-corrected chi connectivity index (χ0v) is 16.6. The number of guanidine groups is 1. The van der Waals surface area contributed by atoms with Gasteiger partial charge in [-0.2, -0.15) is 11.8 Å². The Bertz CT molecular complexity index is 533. The van der Waals surface area contributed by atoms with Crippen LogP contribution in [0.1, 0.15) is 30.7 Å². The minimum Gasteiger partial charge on any atom is -0.386 e. The Morgan fingerprint density at radius 1 is 1.46 bits per heavy atom. The Kier molecular flexibility index (Phi) is 8.16. The smallest absolute Gasteiger partial charge is 0.191 e. The third-order valence-electron chi connectivity index (χ3n) is 4.09. The summed E-state index contributed by atoms with van der Waals surface area (Å²) in [6.07, 6.45) is 3.59. The molecule has 136 valence electrons. The summed E-state index contributed by atoms with van der Waals surface area (Å²) < 4.78 is 6.31. The van der Waals surface area contributed by atoms with Crippen LogP contribution in [-0.4, -0.2) is 54.9 Å². The normalized spacial score (nSPS) is 19.1. The number of thiophene rings is 1. The van der Waals surface area contributed by atoms with Crippen molar-refractivity contribution in [1.29, 1.82) is 0 Å². The summed E-state index contributed by atoms with van der Waals surface area (Å²) >= 11 is 9.19. The summed E-state index contributed by atoms with van der Waals surface area (Å²) in [4.78, 5) is 5.59. The zero-order chi connectivity index (χ0) is 17.4. The number of nitrogens with one attached hydrogen (secondary N) is 2. The number of aliphatic hydroxyl groups excluding tert-OH is 1. The summed E-state index contributed by atoms with van der Waals surface area (Å²) in [7, 11) is 0. The van der Waals surface area contributed by atoms with Gasteiger partial charge in [0.15, 0.2) is 5.96 Å². The maximum atomic E-state index is 10.3. The molecular formula is C16H26ClN3O2S2. The van der Waals surface area contributed by atoms with Gasteiger partial charge in [0.2, 0.25) is 0 Å². The molecule has 0 aromatic carbocycles. The van der Waals surface area contributed by atoms with Crippen molar-refractivity contribution in [2.75, 3.05) is 39.1 Å². The molecule has 2 heterocycles. The van der Waals surface area contributed by atoms with Crippen molar-refractivity contribution in [3.63, 3.8) is 0 Å². The molecule has 1 aromatic heterocycles. The van der Waals surface area contributed by atoms with Crippen molar-refractivity contribution in [3.8, 4) is 0 Å². The highest BCUT2D eigenvalue weighted by Gasteiger charge is 2.31. The molecule has 1 fully saturated rings. The summed E-state index contributed by atoms with van der Waals surface area (Å²) in [5, 5.41) is 16.7. The van der Waals surface area contributed by atoms with Crippen LogP contribution in [0, 0.1) is 0 Å². The van der Waals surface area contributed by atoms with E-state index in [-0.39, 0.29) is 4.75 Å². The molecule has 0 saturated carbocycles. The molecule has 0 aliphatic carbocycles. The van der Waals surface area contributed by atoms with Crippen LogP contribution in [-0.2, 0) is 4.74 Å². The molecular weight excluding hydrogens is 366 g/mol. The highest BCUT2D eigenvalue weighted by Crippen LogP contribution is 2.34. The number of halogens is 1. The van der Waals surface area contributed by atoms with Crippen LogP contribution < -0.4 is 10.6 Å². The molecule has 0 radical (unpaired) electrons. The average molecular weight is 392 g/mol. The van der Waals surface area contributed by atoms with Crippen LogP contribution in [0.25, 0.3) is 0 Å². The lowest BCUT2D eigenvalue weighted by atomic mass is 9.99. The van der Waals surface area contributed by atoms with E-state index in [1.165, 1.54) is 11.3 Å². The maximum absolute atomic E-state index is 10.3. The highest BCUT2D eigenvalue weighted by atomic mass is 35.5. The lowest BCUT2D eigenvalue weighted by Crippen LogP contribution is -2.42. The number of aliphatic hydroxyl groups is 1. The van der Waals surface area contributed by atoms with Crippen LogP contribution >= 0.6 is 34.7 Å². The summed E-state index contributed by atoms with van der Waals surface area (Å²) in [6.45, 7) is 5.57. The van der Waals surface area contributed by atoms with Crippen molar-refractivity contribution >= 4 is 40.7 Å². The van der Waals surface area contributed by atoms with Crippen LogP contribution in [0.5, 0.6) is 0 Å². The van der Waals surface area contributed by atoms with Gasteiger partial charge < -0.3 is 20.5 Å². The molecule has 2 rings (SSSR count). The SMILES string of the molecule is CCNC(=NCC1(SC)CCOCC1)NCC(O)c1ccc(Cl)s1. The second-order valence-electron chi connectivity index (χ2n) is 5.73. The minimum absolute atomic E-state index is 0.153. The quantitative estimate of drug-likeness (QED) is 0.492. The van der Waals surface area contributed by atoms with Crippen molar-refractivity contribution in [2.45, 2.75) is 30.6 Å². The minimum atomic E-state index is -0.594. The van der Waals surface area contributed by atoms with E-state index >= 15 is 0 Å². The van der Waals surface area contributed by atoms with E-state index in [1.54, 1.807) is 6.07 Å².